The maximum atomic E-state index is 13.3. The average molecular weight is 1060 g/mol. The molecule has 8 bridgehead atoms. The molecule has 0 unspecified atom stereocenters. The molecule has 0 saturated heterocycles. The van der Waals surface area contributed by atoms with Crippen molar-refractivity contribution in [3.63, 3.8) is 0 Å². The maximum Gasteiger partial charge on any atom is 2.00 e. The van der Waals surface area contributed by atoms with Gasteiger partial charge in [-0.2, -0.15) is 0 Å². The van der Waals surface area contributed by atoms with Crippen molar-refractivity contribution < 1.29 is 45.9 Å². The van der Waals surface area contributed by atoms with Gasteiger partial charge < -0.3 is 34.5 Å². The molecule has 8 aliphatic carbocycles. The molecule has 73 heavy (non-hydrogen) atoms. The molecule has 5 nitrogen and oxygen atoms in total. The fourth-order valence-electron chi connectivity index (χ4n) is 16.2. The summed E-state index contributed by atoms with van der Waals surface area (Å²) in [5, 5.41) is 26.7. The Bertz CT molecular complexity index is 2520. The zero-order valence-electron chi connectivity index (χ0n) is 46.4. The smallest absolute Gasteiger partial charge is 0.507 e. The van der Waals surface area contributed by atoms with E-state index in [1.54, 1.807) is 0 Å². The molecule has 388 valence electrons. The Morgan fingerprint density at radius 3 is 1.14 bits per heavy atom. The van der Waals surface area contributed by atoms with Gasteiger partial charge in [0, 0.05) is 33.4 Å². The second kappa shape index (κ2) is 21.3. The average Bonchev–Trinajstić information content (AvgIpc) is 3.30. The molecule has 0 atom stereocenters. The van der Waals surface area contributed by atoms with Gasteiger partial charge >= 0.3 is 26.2 Å². The number of benzene rings is 4. The fourth-order valence-corrected chi connectivity index (χ4v) is 16.2. The largest absolute Gasteiger partial charge is 2.00 e. The van der Waals surface area contributed by atoms with E-state index < -0.39 is 0 Å². The molecule has 4 aromatic carbocycles. The molecule has 1 heterocycles. The number of hydrogen-bond acceptors (Lipinski definition) is 5. The van der Waals surface area contributed by atoms with E-state index in [-0.39, 0.29) is 62.7 Å². The van der Waals surface area contributed by atoms with Crippen molar-refractivity contribution in [3.05, 3.63) is 116 Å². The molecule has 8 saturated carbocycles. The van der Waals surface area contributed by atoms with Gasteiger partial charge in [0.2, 0.25) is 0 Å². The second-order valence-corrected chi connectivity index (χ2v) is 25.9. The third-order valence-electron chi connectivity index (χ3n) is 18.5. The van der Waals surface area contributed by atoms with Crippen LogP contribution in [0.25, 0.3) is 44.8 Å². The predicted molar refractivity (Wildman–Crippen MR) is 300 cm³/mol. The summed E-state index contributed by atoms with van der Waals surface area (Å²) in [7, 11) is 0. The zero-order valence-corrected chi connectivity index (χ0v) is 48.8. The standard InChI is InChI=1S/C65H81NO4.2CH3.Zr/c1-9-11-22-69-48-18-13-16-46(30-48)56-58(50(62(3,4)5)32-52(60(56)67)64-34-40-24-41(35-64)26-42(25-40)36-64)54-20-15-21-55(66-54)59-51(63(6,7)8)33-53(65-37-43-27-44(38-65)29-45(28-43)39-65)61(68)57(59)47-17-14-19-49(31-47)70-23-12-10-2;;;/h13-21,30-33,40-45,67-68H,9-12,22-29,34-39H2,1-8H3;2*1H3;/q;2*-1;+2. The molecule has 1 aromatic heterocycles. The molecule has 0 radical (unpaired) electrons. The van der Waals surface area contributed by atoms with Gasteiger partial charge in [0.1, 0.15) is 23.0 Å². The van der Waals surface area contributed by atoms with Gasteiger partial charge in [0.05, 0.1) is 24.6 Å². The zero-order chi connectivity index (χ0) is 48.7. The number of unbranched alkanes of at least 4 members (excludes halogenated alkanes) is 2. The van der Waals surface area contributed by atoms with E-state index in [1.165, 1.54) is 49.7 Å². The van der Waals surface area contributed by atoms with E-state index in [4.69, 9.17) is 14.5 Å². The maximum absolute atomic E-state index is 13.3. The molecule has 8 fully saturated rings. The number of phenols is 2. The van der Waals surface area contributed by atoms with Crippen LogP contribution in [0.1, 0.15) is 180 Å². The van der Waals surface area contributed by atoms with Crippen LogP contribution in [0.2, 0.25) is 0 Å². The first-order valence-electron chi connectivity index (χ1n) is 27.8. The van der Waals surface area contributed by atoms with Gasteiger partial charge in [0.15, 0.2) is 0 Å². The number of phenolic OH excluding ortho intramolecular Hbond substituents is 2. The summed E-state index contributed by atoms with van der Waals surface area (Å²) in [6.45, 7) is 19.7. The van der Waals surface area contributed by atoms with Crippen LogP contribution in [0.3, 0.4) is 0 Å². The first kappa shape index (κ1) is 55.3. The van der Waals surface area contributed by atoms with Crippen molar-refractivity contribution in [2.45, 2.75) is 180 Å². The van der Waals surface area contributed by atoms with E-state index in [0.717, 1.165) is 167 Å². The van der Waals surface area contributed by atoms with Gasteiger partial charge in [-0.05, 0) is 206 Å². The Morgan fingerprint density at radius 2 is 0.822 bits per heavy atom. The number of aromatic nitrogens is 1. The summed E-state index contributed by atoms with van der Waals surface area (Å²) >= 11 is 0. The third kappa shape index (κ3) is 10.3. The van der Waals surface area contributed by atoms with Gasteiger partial charge in [0.25, 0.3) is 0 Å². The topological polar surface area (TPSA) is 71.8 Å². The minimum absolute atomic E-state index is 0. The van der Waals surface area contributed by atoms with E-state index in [9.17, 15) is 10.2 Å². The normalized spacial score (nSPS) is 26.5. The summed E-state index contributed by atoms with van der Waals surface area (Å²) < 4.78 is 12.8. The van der Waals surface area contributed by atoms with Crippen molar-refractivity contribution >= 4 is 0 Å². The summed E-state index contributed by atoms with van der Waals surface area (Å²) in [6, 6.07) is 28.3. The van der Waals surface area contributed by atoms with Crippen molar-refractivity contribution in [3.8, 4) is 67.8 Å². The summed E-state index contributed by atoms with van der Waals surface area (Å²) in [4.78, 5) is 5.84. The first-order chi connectivity index (χ1) is 33.5. The number of nitrogens with zero attached hydrogens (tertiary/aromatic N) is 1. The van der Waals surface area contributed by atoms with E-state index in [2.05, 4.69) is 134 Å². The minimum atomic E-state index is -0.278. The summed E-state index contributed by atoms with van der Waals surface area (Å²) in [5.41, 5.74) is 11.3. The van der Waals surface area contributed by atoms with E-state index in [0.29, 0.717) is 24.7 Å². The summed E-state index contributed by atoms with van der Waals surface area (Å²) in [6.07, 6.45) is 19.1. The van der Waals surface area contributed by atoms with Crippen LogP contribution < -0.4 is 9.47 Å². The molecule has 0 aliphatic heterocycles. The molecule has 6 heteroatoms. The van der Waals surface area contributed by atoms with Gasteiger partial charge in [-0.15, -0.1) is 0 Å². The Balaban J connectivity index is 0.00000237. The predicted octanol–water partition coefficient (Wildman–Crippen LogP) is 17.9. The van der Waals surface area contributed by atoms with Crippen LogP contribution in [0, 0.1) is 50.4 Å². The van der Waals surface area contributed by atoms with Crippen LogP contribution in [0.4, 0.5) is 0 Å². The van der Waals surface area contributed by atoms with Crippen LogP contribution >= 0.6 is 0 Å². The fraction of sp³-hybridized carbons (Fsp3) is 0.537. The second-order valence-electron chi connectivity index (χ2n) is 25.9. The molecule has 13 rings (SSSR count). The molecular weight excluding hydrogens is 974 g/mol. The van der Waals surface area contributed by atoms with Crippen LogP contribution in [0.5, 0.6) is 23.0 Å². The van der Waals surface area contributed by atoms with Crippen LogP contribution in [-0.2, 0) is 47.9 Å². The summed E-state index contributed by atoms with van der Waals surface area (Å²) in [5.74, 6) is 6.90. The van der Waals surface area contributed by atoms with Crippen molar-refractivity contribution in [2.75, 3.05) is 13.2 Å². The SMILES string of the molecule is CCCCOc1cccc(-c2c(O)c(C34CC5CC(CC(C5)C3)C4)cc(C(C)(C)C)c2-c2cccc(-c3c(C(C)(C)C)cc(C45CC6CC(CC(C6)C4)C5)c(O)c3-c3cccc(OCCCC)c3)n2)c1.[CH3-].[CH3-].[Zr+2]. The van der Waals surface area contributed by atoms with Gasteiger partial charge in [-0.25, -0.2) is 4.98 Å². The van der Waals surface area contributed by atoms with E-state index in [1.807, 2.05) is 0 Å². The number of aromatic hydroxyl groups is 2. The molecule has 2 N–H and O–H groups in total. The van der Waals surface area contributed by atoms with Crippen LogP contribution in [-0.4, -0.2) is 28.4 Å². The molecular formula is C67H87NO4Zr. The first-order valence-corrected chi connectivity index (χ1v) is 27.8. The quantitative estimate of drug-likeness (QED) is 0.0856. The Kier molecular flexibility index (Phi) is 16.1. The van der Waals surface area contributed by atoms with Crippen LogP contribution in [0.15, 0.2) is 78.9 Å². The number of rotatable bonds is 14. The molecule has 5 aromatic rings. The minimum Gasteiger partial charge on any atom is -0.507 e. The van der Waals surface area contributed by atoms with Crippen molar-refractivity contribution in [1.82, 2.24) is 4.98 Å². The monoisotopic (exact) mass is 1060 g/mol. The third-order valence-corrected chi connectivity index (χ3v) is 18.5. The Hall–Kier alpha value is -3.89. The van der Waals surface area contributed by atoms with Crippen molar-refractivity contribution in [1.29, 1.82) is 0 Å². The number of ether oxygens (including phenoxy) is 2. The molecule has 0 spiro atoms. The van der Waals surface area contributed by atoms with E-state index >= 15 is 0 Å². The number of hydrogen-bond donors (Lipinski definition) is 2. The number of pyridine rings is 1. The molecule has 8 aliphatic rings. The van der Waals surface area contributed by atoms with Gasteiger partial charge in [-0.1, -0.05) is 111 Å². The van der Waals surface area contributed by atoms with Crippen molar-refractivity contribution in [2.24, 2.45) is 35.5 Å². The Morgan fingerprint density at radius 1 is 0.493 bits per heavy atom. The van der Waals surface area contributed by atoms with Gasteiger partial charge in [-0.3, -0.25) is 0 Å². The Labute approximate surface area is 460 Å². The molecule has 0 amide bonds.